The molecule has 4 aromatic carbocycles. The molecule has 2 nitrogen and oxygen atoms in total. The fraction of sp³-hybridized carbons (Fsp3) is 0.368. The van der Waals surface area contributed by atoms with Crippen molar-refractivity contribution in [3.8, 4) is 0 Å². The summed E-state index contributed by atoms with van der Waals surface area (Å²) in [6.07, 6.45) is 0. The van der Waals surface area contributed by atoms with Crippen LogP contribution in [0.2, 0.25) is 0 Å². The molecule has 0 bridgehead atoms. The Bertz CT molecular complexity index is 1490. The number of hydrogen-bond donors (Lipinski definition) is 0. The van der Waals surface area contributed by atoms with Crippen LogP contribution < -0.4 is 0 Å². The monoisotopic (exact) mass is 528 g/mol. The molecule has 206 valence electrons. The Morgan fingerprint density at radius 1 is 0.425 bits per heavy atom. The van der Waals surface area contributed by atoms with Gasteiger partial charge in [-0.25, -0.2) is 9.98 Å². The molecular weight excluding hydrogens is 484 g/mol. The van der Waals surface area contributed by atoms with E-state index in [1.54, 1.807) is 0 Å². The lowest BCUT2D eigenvalue weighted by atomic mass is 9.92. The summed E-state index contributed by atoms with van der Waals surface area (Å²) in [6, 6.07) is 22.4. The third-order valence-electron chi connectivity index (χ3n) is 8.44. The first-order valence-electron chi connectivity index (χ1n) is 15.0. The van der Waals surface area contributed by atoms with Crippen LogP contribution in [0.3, 0.4) is 0 Å². The normalized spacial score (nSPS) is 15.2. The highest BCUT2D eigenvalue weighted by molar-refractivity contribution is 6.61. The molecule has 0 unspecified atom stereocenters. The number of aryl methyl sites for hydroxylation is 2. The standard InChI is InChI=1S/C38H44N2/c1-21(2)27-13-11-14-28(22(3)4)35(27)39-37-31-19-17-25(9)33-26(10)18-20-32(34(31)33)38(37)40-36-29(23(5)6)15-12-16-30(36)24(7)8/h11-24H,1-10H3/b39-37+,40-38+. The molecule has 4 aromatic rings. The summed E-state index contributed by atoms with van der Waals surface area (Å²) in [5.74, 6) is 1.49. The third-order valence-corrected chi connectivity index (χ3v) is 8.44. The van der Waals surface area contributed by atoms with E-state index in [-0.39, 0.29) is 0 Å². The fourth-order valence-corrected chi connectivity index (χ4v) is 6.25. The van der Waals surface area contributed by atoms with Gasteiger partial charge in [0.05, 0.1) is 22.8 Å². The summed E-state index contributed by atoms with van der Waals surface area (Å²) in [4.78, 5) is 11.2. The van der Waals surface area contributed by atoms with Crippen LogP contribution in [0, 0.1) is 13.8 Å². The molecule has 1 aliphatic rings. The van der Waals surface area contributed by atoms with Crippen LogP contribution in [0.5, 0.6) is 0 Å². The molecule has 2 heteroatoms. The minimum atomic E-state index is 0.372. The van der Waals surface area contributed by atoms with Gasteiger partial charge in [0.1, 0.15) is 0 Å². The molecular formula is C38H44N2. The number of para-hydroxylation sites is 2. The van der Waals surface area contributed by atoms with Crippen LogP contribution in [-0.4, -0.2) is 11.4 Å². The number of benzene rings is 4. The quantitative estimate of drug-likeness (QED) is 0.238. The van der Waals surface area contributed by atoms with E-state index >= 15 is 0 Å². The van der Waals surface area contributed by atoms with Crippen LogP contribution in [0.4, 0.5) is 11.4 Å². The summed E-state index contributed by atoms with van der Waals surface area (Å²) in [5.41, 5.74) is 14.4. The van der Waals surface area contributed by atoms with Gasteiger partial charge in [0.15, 0.2) is 0 Å². The first-order valence-corrected chi connectivity index (χ1v) is 15.0. The van der Waals surface area contributed by atoms with Gasteiger partial charge in [-0.05, 0) is 76.3 Å². The van der Waals surface area contributed by atoms with Crippen LogP contribution >= 0.6 is 0 Å². The first-order chi connectivity index (χ1) is 19.0. The molecule has 0 amide bonds. The molecule has 1 aliphatic carbocycles. The predicted molar refractivity (Wildman–Crippen MR) is 175 cm³/mol. The van der Waals surface area contributed by atoms with Crippen molar-refractivity contribution in [1.29, 1.82) is 0 Å². The molecule has 0 N–H and O–H groups in total. The van der Waals surface area contributed by atoms with Crippen molar-refractivity contribution in [2.24, 2.45) is 9.98 Å². The number of aliphatic imine (C=N–C) groups is 2. The van der Waals surface area contributed by atoms with Crippen LogP contribution in [-0.2, 0) is 0 Å². The number of rotatable bonds is 6. The lowest BCUT2D eigenvalue weighted by Crippen LogP contribution is -2.12. The van der Waals surface area contributed by atoms with Gasteiger partial charge in [0.25, 0.3) is 0 Å². The van der Waals surface area contributed by atoms with Crippen molar-refractivity contribution < 1.29 is 0 Å². The Balaban J connectivity index is 1.92. The third kappa shape index (κ3) is 4.72. The predicted octanol–water partition coefficient (Wildman–Crippen LogP) is 11.2. The maximum absolute atomic E-state index is 5.61. The fourth-order valence-electron chi connectivity index (χ4n) is 6.25. The molecule has 0 aromatic heterocycles. The van der Waals surface area contributed by atoms with Crippen LogP contribution in [0.25, 0.3) is 10.8 Å². The van der Waals surface area contributed by atoms with E-state index in [2.05, 4.69) is 130 Å². The zero-order valence-corrected chi connectivity index (χ0v) is 26.0. The molecule has 0 aliphatic heterocycles. The largest absolute Gasteiger partial charge is 0.245 e. The zero-order valence-electron chi connectivity index (χ0n) is 26.0. The minimum Gasteiger partial charge on any atom is -0.245 e. The van der Waals surface area contributed by atoms with E-state index < -0.39 is 0 Å². The SMILES string of the molecule is Cc1ccc2c3c(ccc(C)c13)C(=N\c1c(C(C)C)cccc1C(C)C)/C2=N/c1c(C(C)C)cccc1C(C)C. The molecule has 0 saturated heterocycles. The number of nitrogens with zero attached hydrogens (tertiary/aromatic N) is 2. The average molecular weight is 529 g/mol. The molecule has 0 fully saturated rings. The Morgan fingerprint density at radius 2 is 0.750 bits per heavy atom. The Kier molecular flexibility index (Phi) is 7.57. The molecule has 0 atom stereocenters. The van der Waals surface area contributed by atoms with E-state index in [9.17, 15) is 0 Å². The van der Waals surface area contributed by atoms with Gasteiger partial charge in [-0.3, -0.25) is 0 Å². The second-order valence-corrected chi connectivity index (χ2v) is 12.7. The Morgan fingerprint density at radius 3 is 1.05 bits per heavy atom. The summed E-state index contributed by atoms with van der Waals surface area (Å²) in [5, 5.41) is 2.62. The molecule has 0 saturated carbocycles. The summed E-state index contributed by atoms with van der Waals surface area (Å²) < 4.78 is 0. The van der Waals surface area contributed by atoms with E-state index in [0.29, 0.717) is 23.7 Å². The molecule has 0 radical (unpaired) electrons. The highest BCUT2D eigenvalue weighted by Crippen LogP contribution is 2.42. The van der Waals surface area contributed by atoms with Gasteiger partial charge in [-0.1, -0.05) is 116 Å². The minimum absolute atomic E-state index is 0.372. The topological polar surface area (TPSA) is 24.7 Å². The Hall–Kier alpha value is -3.52. The van der Waals surface area contributed by atoms with Crippen molar-refractivity contribution >= 4 is 33.6 Å². The van der Waals surface area contributed by atoms with Crippen molar-refractivity contribution in [3.63, 3.8) is 0 Å². The average Bonchev–Trinajstić information content (AvgIpc) is 3.19. The van der Waals surface area contributed by atoms with Crippen molar-refractivity contribution in [1.82, 2.24) is 0 Å². The highest BCUT2D eigenvalue weighted by atomic mass is 14.8. The molecule has 0 heterocycles. The summed E-state index contributed by atoms with van der Waals surface area (Å²) in [7, 11) is 0. The van der Waals surface area contributed by atoms with Gasteiger partial charge in [-0.15, -0.1) is 0 Å². The van der Waals surface area contributed by atoms with Gasteiger partial charge in [0.2, 0.25) is 0 Å². The molecule has 0 spiro atoms. The second-order valence-electron chi connectivity index (χ2n) is 12.7. The first kappa shape index (κ1) is 28.0. The maximum atomic E-state index is 5.61. The van der Waals surface area contributed by atoms with Gasteiger partial charge in [0, 0.05) is 16.5 Å². The van der Waals surface area contributed by atoms with E-state index in [4.69, 9.17) is 9.98 Å². The van der Waals surface area contributed by atoms with Gasteiger partial charge in [-0.2, -0.15) is 0 Å². The van der Waals surface area contributed by atoms with Crippen molar-refractivity contribution in [3.05, 3.63) is 105 Å². The van der Waals surface area contributed by atoms with E-state index in [0.717, 1.165) is 22.8 Å². The van der Waals surface area contributed by atoms with E-state index in [1.807, 2.05) is 0 Å². The lowest BCUT2D eigenvalue weighted by molar-refractivity contribution is 0.834. The lowest BCUT2D eigenvalue weighted by Gasteiger charge is -2.19. The Labute approximate surface area is 241 Å². The van der Waals surface area contributed by atoms with Crippen molar-refractivity contribution in [2.45, 2.75) is 92.9 Å². The van der Waals surface area contributed by atoms with Crippen LogP contribution in [0.1, 0.15) is 124 Å². The zero-order chi connectivity index (χ0) is 28.9. The van der Waals surface area contributed by atoms with Crippen LogP contribution in [0.15, 0.2) is 70.6 Å². The smallest absolute Gasteiger partial charge is 0.0979 e. The van der Waals surface area contributed by atoms with E-state index in [1.165, 1.54) is 55.3 Å². The van der Waals surface area contributed by atoms with Gasteiger partial charge >= 0.3 is 0 Å². The molecule has 5 rings (SSSR count). The summed E-state index contributed by atoms with van der Waals surface area (Å²) >= 11 is 0. The van der Waals surface area contributed by atoms with Crippen molar-refractivity contribution in [2.75, 3.05) is 0 Å². The maximum Gasteiger partial charge on any atom is 0.0979 e. The highest BCUT2D eigenvalue weighted by Gasteiger charge is 2.30. The molecule has 40 heavy (non-hydrogen) atoms. The number of hydrogen-bond acceptors (Lipinski definition) is 2. The van der Waals surface area contributed by atoms with Gasteiger partial charge < -0.3 is 0 Å². The summed E-state index contributed by atoms with van der Waals surface area (Å²) in [6.45, 7) is 22.6. The second kappa shape index (κ2) is 10.8.